The van der Waals surface area contributed by atoms with Gasteiger partial charge in [-0.2, -0.15) is 0 Å². The van der Waals surface area contributed by atoms with Crippen molar-refractivity contribution in [1.29, 1.82) is 0 Å². The van der Waals surface area contributed by atoms with Gasteiger partial charge in [-0.05, 0) is 11.3 Å². The second-order valence-corrected chi connectivity index (χ2v) is 5.53. The summed E-state index contributed by atoms with van der Waals surface area (Å²) in [5.41, 5.74) is 0.280. The molecule has 1 heterocycles. The van der Waals surface area contributed by atoms with Gasteiger partial charge in [0.25, 0.3) is 0 Å². The predicted molar refractivity (Wildman–Crippen MR) is 58.0 cm³/mol. The number of aromatic nitrogens is 3. The lowest BCUT2D eigenvalue weighted by atomic mass is 9.92. The monoisotopic (exact) mass is 195 g/mol. The number of hydrogen-bond acceptors (Lipinski definition) is 2. The highest BCUT2D eigenvalue weighted by Gasteiger charge is 2.16. The molecule has 80 valence electrons. The summed E-state index contributed by atoms with van der Waals surface area (Å²) in [5, 5.41) is 8.14. The van der Waals surface area contributed by atoms with Crippen LogP contribution in [0.25, 0.3) is 0 Å². The lowest BCUT2D eigenvalue weighted by Crippen LogP contribution is -2.15. The molecule has 0 aliphatic rings. The molecule has 0 fully saturated rings. The van der Waals surface area contributed by atoms with Crippen LogP contribution in [-0.2, 0) is 13.0 Å². The maximum atomic E-state index is 4.17. The van der Waals surface area contributed by atoms with E-state index >= 15 is 0 Å². The third-order valence-electron chi connectivity index (χ3n) is 1.95. The topological polar surface area (TPSA) is 30.7 Å². The maximum absolute atomic E-state index is 4.17. The van der Waals surface area contributed by atoms with Gasteiger partial charge in [0.2, 0.25) is 0 Å². The van der Waals surface area contributed by atoms with Gasteiger partial charge in [0.05, 0.1) is 0 Å². The van der Waals surface area contributed by atoms with Gasteiger partial charge in [-0.1, -0.05) is 34.6 Å². The summed E-state index contributed by atoms with van der Waals surface area (Å²) in [6, 6.07) is 0. The zero-order valence-electron chi connectivity index (χ0n) is 9.91. The first kappa shape index (κ1) is 11.2. The SMILES string of the molecule is CC(C)Cn1cnnc1CC(C)(C)C. The van der Waals surface area contributed by atoms with E-state index in [4.69, 9.17) is 0 Å². The van der Waals surface area contributed by atoms with Crippen LogP contribution in [-0.4, -0.2) is 14.8 Å². The Morgan fingerprint density at radius 1 is 1.36 bits per heavy atom. The standard InChI is InChI=1S/C11H21N3/c1-9(2)7-14-8-12-13-10(14)6-11(3,4)5/h8-9H,6-7H2,1-5H3. The third kappa shape index (κ3) is 3.48. The Kier molecular flexibility index (Phi) is 3.29. The van der Waals surface area contributed by atoms with E-state index in [1.807, 2.05) is 6.33 Å². The molecule has 0 atom stereocenters. The van der Waals surface area contributed by atoms with Crippen molar-refractivity contribution in [3.8, 4) is 0 Å². The number of hydrogen-bond donors (Lipinski definition) is 0. The lowest BCUT2D eigenvalue weighted by Gasteiger charge is -2.18. The van der Waals surface area contributed by atoms with E-state index in [0.29, 0.717) is 5.92 Å². The summed E-state index contributed by atoms with van der Waals surface area (Å²) < 4.78 is 2.16. The molecule has 0 N–H and O–H groups in total. The molecule has 0 saturated heterocycles. The van der Waals surface area contributed by atoms with Crippen molar-refractivity contribution in [3.05, 3.63) is 12.2 Å². The highest BCUT2D eigenvalue weighted by molar-refractivity contribution is 4.90. The maximum Gasteiger partial charge on any atom is 0.133 e. The molecule has 0 aromatic carbocycles. The summed E-state index contributed by atoms with van der Waals surface area (Å²) in [6.45, 7) is 12.1. The highest BCUT2D eigenvalue weighted by Crippen LogP contribution is 2.19. The third-order valence-corrected chi connectivity index (χ3v) is 1.95. The van der Waals surface area contributed by atoms with Crippen molar-refractivity contribution in [3.63, 3.8) is 0 Å². The molecule has 14 heavy (non-hydrogen) atoms. The van der Waals surface area contributed by atoms with Gasteiger partial charge in [0, 0.05) is 13.0 Å². The van der Waals surface area contributed by atoms with Gasteiger partial charge >= 0.3 is 0 Å². The number of rotatable bonds is 3. The Bertz CT molecular complexity index is 281. The molecule has 0 radical (unpaired) electrons. The van der Waals surface area contributed by atoms with Crippen LogP contribution in [0.15, 0.2) is 6.33 Å². The van der Waals surface area contributed by atoms with E-state index in [2.05, 4.69) is 49.4 Å². The molecule has 0 aliphatic carbocycles. The van der Waals surface area contributed by atoms with Gasteiger partial charge in [0.15, 0.2) is 0 Å². The van der Waals surface area contributed by atoms with Crippen molar-refractivity contribution >= 4 is 0 Å². The summed E-state index contributed by atoms with van der Waals surface area (Å²) in [5.74, 6) is 1.75. The van der Waals surface area contributed by atoms with Crippen LogP contribution in [0.3, 0.4) is 0 Å². The van der Waals surface area contributed by atoms with E-state index in [-0.39, 0.29) is 5.41 Å². The van der Waals surface area contributed by atoms with E-state index in [9.17, 15) is 0 Å². The van der Waals surface area contributed by atoms with E-state index in [1.54, 1.807) is 0 Å². The minimum atomic E-state index is 0.280. The minimum absolute atomic E-state index is 0.280. The average Bonchev–Trinajstić information content (AvgIpc) is 2.32. The van der Waals surface area contributed by atoms with Crippen LogP contribution in [0.2, 0.25) is 0 Å². The zero-order chi connectivity index (χ0) is 10.8. The molecule has 0 spiro atoms. The van der Waals surface area contributed by atoms with Gasteiger partial charge in [0.1, 0.15) is 12.2 Å². The van der Waals surface area contributed by atoms with Crippen LogP contribution in [0, 0.1) is 11.3 Å². The van der Waals surface area contributed by atoms with Gasteiger partial charge in [-0.25, -0.2) is 0 Å². The van der Waals surface area contributed by atoms with Gasteiger partial charge in [-0.3, -0.25) is 0 Å². The van der Waals surface area contributed by atoms with Crippen molar-refractivity contribution in [2.45, 2.75) is 47.6 Å². The van der Waals surface area contributed by atoms with Crippen LogP contribution >= 0.6 is 0 Å². The first-order valence-electron chi connectivity index (χ1n) is 5.25. The second kappa shape index (κ2) is 4.11. The molecule has 0 bridgehead atoms. The van der Waals surface area contributed by atoms with Crippen LogP contribution in [0.4, 0.5) is 0 Å². The first-order valence-corrected chi connectivity index (χ1v) is 5.25. The molecular formula is C11H21N3. The molecule has 1 aromatic heterocycles. The molecule has 3 nitrogen and oxygen atoms in total. The molecular weight excluding hydrogens is 174 g/mol. The quantitative estimate of drug-likeness (QED) is 0.742. The van der Waals surface area contributed by atoms with Crippen LogP contribution in [0.1, 0.15) is 40.4 Å². The Balaban J connectivity index is 2.72. The van der Waals surface area contributed by atoms with E-state index in [0.717, 1.165) is 18.8 Å². The highest BCUT2D eigenvalue weighted by atomic mass is 15.3. The van der Waals surface area contributed by atoms with E-state index in [1.165, 1.54) is 0 Å². The average molecular weight is 195 g/mol. The minimum Gasteiger partial charge on any atom is -0.317 e. The Labute approximate surface area is 86.5 Å². The lowest BCUT2D eigenvalue weighted by molar-refractivity contribution is 0.384. The predicted octanol–water partition coefficient (Wildman–Crippen LogP) is 2.52. The molecule has 0 aliphatic heterocycles. The summed E-state index contributed by atoms with van der Waals surface area (Å²) in [6.07, 6.45) is 2.82. The Morgan fingerprint density at radius 2 is 2.00 bits per heavy atom. The van der Waals surface area contributed by atoms with E-state index < -0.39 is 0 Å². The fourth-order valence-electron chi connectivity index (χ4n) is 1.44. The molecule has 3 heteroatoms. The summed E-state index contributed by atoms with van der Waals surface area (Å²) in [4.78, 5) is 0. The summed E-state index contributed by atoms with van der Waals surface area (Å²) in [7, 11) is 0. The molecule has 0 unspecified atom stereocenters. The largest absolute Gasteiger partial charge is 0.317 e. The van der Waals surface area contributed by atoms with Gasteiger partial charge < -0.3 is 4.57 Å². The molecule has 1 aromatic rings. The molecule has 1 rings (SSSR count). The Morgan fingerprint density at radius 3 is 2.50 bits per heavy atom. The molecule has 0 saturated carbocycles. The van der Waals surface area contributed by atoms with Crippen molar-refractivity contribution in [2.75, 3.05) is 0 Å². The summed E-state index contributed by atoms with van der Waals surface area (Å²) >= 11 is 0. The normalized spacial score (nSPS) is 12.4. The smallest absolute Gasteiger partial charge is 0.133 e. The van der Waals surface area contributed by atoms with Crippen LogP contribution < -0.4 is 0 Å². The van der Waals surface area contributed by atoms with Crippen molar-refractivity contribution in [2.24, 2.45) is 11.3 Å². The second-order valence-electron chi connectivity index (χ2n) is 5.53. The fraction of sp³-hybridized carbons (Fsp3) is 0.818. The zero-order valence-corrected chi connectivity index (χ0v) is 9.91. The van der Waals surface area contributed by atoms with Crippen LogP contribution in [0.5, 0.6) is 0 Å². The number of nitrogens with zero attached hydrogens (tertiary/aromatic N) is 3. The van der Waals surface area contributed by atoms with Crippen molar-refractivity contribution < 1.29 is 0 Å². The first-order chi connectivity index (χ1) is 6.38. The molecule has 0 amide bonds. The fourth-order valence-corrected chi connectivity index (χ4v) is 1.44. The van der Waals surface area contributed by atoms with Gasteiger partial charge in [-0.15, -0.1) is 10.2 Å². The van der Waals surface area contributed by atoms with Crippen molar-refractivity contribution in [1.82, 2.24) is 14.8 Å². The Hall–Kier alpha value is -0.860.